The Hall–Kier alpha value is -1.59. The number of nitrogens with zero attached hydrogens (tertiary/aromatic N) is 1. The number of amides is 1. The van der Waals surface area contributed by atoms with Gasteiger partial charge in [0.1, 0.15) is 5.75 Å². The van der Waals surface area contributed by atoms with Crippen LogP contribution >= 0.6 is 0 Å². The topological polar surface area (TPSA) is 61.8 Å². The Morgan fingerprint density at radius 3 is 2.78 bits per heavy atom. The normalized spacial score (nSPS) is 10.6. The number of para-hydroxylation sites is 1. The molecular formula is C13H20N2O3. The van der Waals surface area contributed by atoms with Gasteiger partial charge in [-0.05, 0) is 19.2 Å². The Bertz CT molecular complexity index is 382. The van der Waals surface area contributed by atoms with Crippen molar-refractivity contribution < 1.29 is 14.6 Å². The van der Waals surface area contributed by atoms with E-state index in [2.05, 4.69) is 10.2 Å². The second-order valence-electron chi connectivity index (χ2n) is 4.07. The van der Waals surface area contributed by atoms with E-state index in [1.165, 1.54) is 6.07 Å². The smallest absolute Gasteiger partial charge is 0.255 e. The maximum Gasteiger partial charge on any atom is 0.255 e. The fraction of sp³-hybridized carbons (Fsp3) is 0.462. The molecule has 18 heavy (non-hydrogen) atoms. The summed E-state index contributed by atoms with van der Waals surface area (Å²) >= 11 is 0. The molecule has 0 aliphatic carbocycles. The molecule has 0 aliphatic heterocycles. The van der Waals surface area contributed by atoms with Crippen molar-refractivity contribution >= 4 is 5.91 Å². The summed E-state index contributed by atoms with van der Waals surface area (Å²) in [5.74, 6) is -0.254. The zero-order chi connectivity index (χ0) is 13.4. The standard InChI is InChI=1S/C13H20N2O3/c1-15(9-10-18-2)8-7-14-13(17)11-5-3-4-6-12(11)16/h3-6,16H,7-10H2,1-2H3,(H,14,17). The maximum atomic E-state index is 11.7. The summed E-state index contributed by atoms with van der Waals surface area (Å²) in [6.45, 7) is 2.77. The van der Waals surface area contributed by atoms with Crippen LogP contribution in [-0.4, -0.2) is 56.3 Å². The zero-order valence-electron chi connectivity index (χ0n) is 10.8. The number of hydrogen-bond acceptors (Lipinski definition) is 4. The number of ether oxygens (including phenoxy) is 1. The zero-order valence-corrected chi connectivity index (χ0v) is 10.8. The summed E-state index contributed by atoms with van der Waals surface area (Å²) in [6.07, 6.45) is 0. The first-order valence-electron chi connectivity index (χ1n) is 5.89. The molecule has 0 bridgehead atoms. The van der Waals surface area contributed by atoms with E-state index < -0.39 is 0 Å². The number of phenols is 1. The van der Waals surface area contributed by atoms with E-state index >= 15 is 0 Å². The van der Waals surface area contributed by atoms with Crippen molar-refractivity contribution in [2.24, 2.45) is 0 Å². The van der Waals surface area contributed by atoms with Gasteiger partial charge in [0.2, 0.25) is 0 Å². The van der Waals surface area contributed by atoms with Crippen molar-refractivity contribution in [1.29, 1.82) is 0 Å². The van der Waals surface area contributed by atoms with Crippen molar-refractivity contribution in [3.05, 3.63) is 29.8 Å². The predicted molar refractivity (Wildman–Crippen MR) is 69.8 cm³/mol. The van der Waals surface area contributed by atoms with Crippen LogP contribution in [-0.2, 0) is 4.74 Å². The monoisotopic (exact) mass is 252 g/mol. The molecule has 2 N–H and O–H groups in total. The Morgan fingerprint density at radius 1 is 1.39 bits per heavy atom. The molecule has 0 aromatic heterocycles. The molecule has 0 unspecified atom stereocenters. The number of benzene rings is 1. The van der Waals surface area contributed by atoms with Gasteiger partial charge >= 0.3 is 0 Å². The second-order valence-corrected chi connectivity index (χ2v) is 4.07. The first-order valence-corrected chi connectivity index (χ1v) is 5.89. The predicted octanol–water partition coefficient (Wildman–Crippen LogP) is 0.700. The number of hydrogen-bond donors (Lipinski definition) is 2. The molecule has 1 rings (SSSR count). The molecule has 0 heterocycles. The van der Waals surface area contributed by atoms with E-state index in [9.17, 15) is 9.90 Å². The second kappa shape index (κ2) is 7.68. The van der Waals surface area contributed by atoms with Gasteiger partial charge in [0, 0.05) is 26.7 Å². The molecule has 5 nitrogen and oxygen atoms in total. The number of aromatic hydroxyl groups is 1. The van der Waals surface area contributed by atoms with Gasteiger partial charge in [0.15, 0.2) is 0 Å². The van der Waals surface area contributed by atoms with Gasteiger partial charge in [-0.15, -0.1) is 0 Å². The first kappa shape index (κ1) is 14.5. The highest BCUT2D eigenvalue weighted by Crippen LogP contribution is 2.14. The fourth-order valence-electron chi connectivity index (χ4n) is 1.48. The molecule has 0 saturated heterocycles. The van der Waals surface area contributed by atoms with Crippen molar-refractivity contribution in [1.82, 2.24) is 10.2 Å². The summed E-state index contributed by atoms with van der Waals surface area (Å²) in [6, 6.07) is 6.50. The highest BCUT2D eigenvalue weighted by atomic mass is 16.5. The number of methoxy groups -OCH3 is 1. The van der Waals surface area contributed by atoms with Gasteiger partial charge in [0.25, 0.3) is 5.91 Å². The number of carbonyl (C=O) groups is 1. The Labute approximate surface area is 107 Å². The molecule has 0 atom stereocenters. The molecule has 1 aromatic rings. The highest BCUT2D eigenvalue weighted by molar-refractivity contribution is 5.96. The van der Waals surface area contributed by atoms with E-state index in [4.69, 9.17) is 4.74 Å². The van der Waals surface area contributed by atoms with Gasteiger partial charge in [-0.25, -0.2) is 0 Å². The summed E-state index contributed by atoms with van der Waals surface area (Å²) in [5.41, 5.74) is 0.303. The minimum atomic E-state index is -0.256. The molecule has 0 fully saturated rings. The largest absolute Gasteiger partial charge is 0.507 e. The molecule has 0 radical (unpaired) electrons. The third kappa shape index (κ3) is 4.73. The highest BCUT2D eigenvalue weighted by Gasteiger charge is 2.09. The lowest BCUT2D eigenvalue weighted by molar-refractivity contribution is 0.0945. The fourth-order valence-corrected chi connectivity index (χ4v) is 1.48. The average molecular weight is 252 g/mol. The van der Waals surface area contributed by atoms with E-state index in [0.29, 0.717) is 18.7 Å². The van der Waals surface area contributed by atoms with E-state index in [-0.39, 0.29) is 11.7 Å². The van der Waals surface area contributed by atoms with Gasteiger partial charge in [-0.3, -0.25) is 4.79 Å². The van der Waals surface area contributed by atoms with Crippen LogP contribution in [0.3, 0.4) is 0 Å². The molecule has 5 heteroatoms. The van der Waals surface area contributed by atoms with Crippen molar-refractivity contribution in [3.63, 3.8) is 0 Å². The van der Waals surface area contributed by atoms with Crippen LogP contribution < -0.4 is 5.32 Å². The Kier molecular flexibility index (Phi) is 6.18. The molecule has 1 amide bonds. The van der Waals surface area contributed by atoms with Crippen molar-refractivity contribution in [2.45, 2.75) is 0 Å². The van der Waals surface area contributed by atoms with Gasteiger partial charge < -0.3 is 20.1 Å². The Balaban J connectivity index is 2.32. The lowest BCUT2D eigenvalue weighted by atomic mass is 10.2. The quantitative estimate of drug-likeness (QED) is 0.750. The Morgan fingerprint density at radius 2 is 2.11 bits per heavy atom. The minimum absolute atomic E-state index is 0.00253. The number of phenolic OH excluding ortho intramolecular Hbond substituents is 1. The molecule has 1 aromatic carbocycles. The van der Waals surface area contributed by atoms with Gasteiger partial charge in [-0.1, -0.05) is 12.1 Å². The SMILES string of the molecule is COCCN(C)CCNC(=O)c1ccccc1O. The summed E-state index contributed by atoms with van der Waals surface area (Å²) in [7, 11) is 3.62. The average Bonchev–Trinajstić information content (AvgIpc) is 2.36. The van der Waals surface area contributed by atoms with Crippen LogP contribution in [0.1, 0.15) is 10.4 Å². The first-order chi connectivity index (χ1) is 8.65. The van der Waals surface area contributed by atoms with Crippen LogP contribution in [0.5, 0.6) is 5.75 Å². The molecule has 0 aliphatic rings. The number of rotatable bonds is 7. The van der Waals surface area contributed by atoms with Crippen LogP contribution in [0, 0.1) is 0 Å². The van der Waals surface area contributed by atoms with Crippen molar-refractivity contribution in [3.8, 4) is 5.75 Å². The molecular weight excluding hydrogens is 232 g/mol. The van der Waals surface area contributed by atoms with E-state index in [1.807, 2.05) is 7.05 Å². The van der Waals surface area contributed by atoms with Crippen molar-refractivity contribution in [2.75, 3.05) is 40.4 Å². The van der Waals surface area contributed by atoms with Gasteiger partial charge in [-0.2, -0.15) is 0 Å². The number of nitrogens with one attached hydrogen (secondary N) is 1. The van der Waals surface area contributed by atoms with Crippen LogP contribution in [0.4, 0.5) is 0 Å². The molecule has 0 saturated carbocycles. The summed E-state index contributed by atoms with van der Waals surface area (Å²) < 4.78 is 4.96. The maximum absolute atomic E-state index is 11.7. The lowest BCUT2D eigenvalue weighted by Crippen LogP contribution is -2.34. The molecule has 100 valence electrons. The van der Waals surface area contributed by atoms with Crippen LogP contribution in [0.15, 0.2) is 24.3 Å². The molecule has 0 spiro atoms. The summed E-state index contributed by atoms with van der Waals surface area (Å²) in [4.78, 5) is 13.8. The minimum Gasteiger partial charge on any atom is -0.507 e. The van der Waals surface area contributed by atoms with Crippen LogP contribution in [0.25, 0.3) is 0 Å². The third-order valence-electron chi connectivity index (χ3n) is 2.60. The number of carbonyl (C=O) groups excluding carboxylic acids is 1. The summed E-state index contributed by atoms with van der Waals surface area (Å²) in [5, 5.41) is 12.3. The number of likely N-dealkylation sites (N-methyl/N-ethyl adjacent to an activating group) is 1. The van der Waals surface area contributed by atoms with E-state index in [0.717, 1.165) is 13.1 Å². The van der Waals surface area contributed by atoms with E-state index in [1.54, 1.807) is 25.3 Å². The third-order valence-corrected chi connectivity index (χ3v) is 2.60. The van der Waals surface area contributed by atoms with Crippen LogP contribution in [0.2, 0.25) is 0 Å². The van der Waals surface area contributed by atoms with Gasteiger partial charge in [0.05, 0.1) is 12.2 Å². The lowest BCUT2D eigenvalue weighted by Gasteiger charge is -2.16.